The molecule has 8 heteroatoms. The summed E-state index contributed by atoms with van der Waals surface area (Å²) >= 11 is 7.20. The highest BCUT2D eigenvalue weighted by atomic mass is 35.5. The fourth-order valence-corrected chi connectivity index (χ4v) is 2.66. The molecule has 1 aromatic heterocycles. The van der Waals surface area contributed by atoms with E-state index in [0.717, 1.165) is 5.01 Å². The van der Waals surface area contributed by atoms with Crippen LogP contribution in [0.1, 0.15) is 17.6 Å². The van der Waals surface area contributed by atoms with Crippen LogP contribution in [0, 0.1) is 0 Å². The Morgan fingerprint density at radius 3 is 2.67 bits per heavy atom. The van der Waals surface area contributed by atoms with Gasteiger partial charge in [0.2, 0.25) is 5.91 Å². The van der Waals surface area contributed by atoms with Gasteiger partial charge in [0.1, 0.15) is 23.4 Å². The largest absolute Gasteiger partial charge is 0.486 e. The molecule has 6 nitrogen and oxygen atoms in total. The molecule has 1 aromatic carbocycles. The number of thiazole rings is 1. The molecule has 2 rings (SSSR count). The second kappa shape index (κ2) is 8.12. The normalized spacial score (nSPS) is 11.8. The molecule has 1 N–H and O–H groups in total. The van der Waals surface area contributed by atoms with Crippen molar-refractivity contribution in [3.05, 3.63) is 45.4 Å². The number of likely N-dealkylation sites (N-methyl/N-ethyl adjacent to an activating group) is 1. The van der Waals surface area contributed by atoms with E-state index in [2.05, 4.69) is 4.98 Å². The lowest BCUT2D eigenvalue weighted by molar-refractivity contribution is -0.148. The molecular weight excluding hydrogens is 352 g/mol. The molecule has 1 amide bonds. The SMILES string of the molecule is CC(C(=O)O)N(C)C(=O)Cc1csc(COc2ccc(Cl)cc2)n1. The summed E-state index contributed by atoms with van der Waals surface area (Å²) in [5, 5.41) is 12.1. The lowest BCUT2D eigenvalue weighted by Gasteiger charge is -2.20. The molecule has 2 aromatic rings. The zero-order valence-electron chi connectivity index (χ0n) is 13.2. The number of hydrogen-bond donors (Lipinski definition) is 1. The fraction of sp³-hybridized carbons (Fsp3) is 0.312. The number of nitrogens with zero attached hydrogens (tertiary/aromatic N) is 2. The van der Waals surface area contributed by atoms with E-state index in [9.17, 15) is 9.59 Å². The Bertz CT molecular complexity index is 717. The van der Waals surface area contributed by atoms with Gasteiger partial charge in [0.15, 0.2) is 0 Å². The number of carboxylic acid groups (broad SMARTS) is 1. The van der Waals surface area contributed by atoms with E-state index in [1.165, 1.54) is 30.2 Å². The highest BCUT2D eigenvalue weighted by Gasteiger charge is 2.22. The highest BCUT2D eigenvalue weighted by molar-refractivity contribution is 7.09. The van der Waals surface area contributed by atoms with Crippen molar-refractivity contribution in [1.82, 2.24) is 9.88 Å². The van der Waals surface area contributed by atoms with E-state index >= 15 is 0 Å². The van der Waals surface area contributed by atoms with Crippen LogP contribution in [0.4, 0.5) is 0 Å². The number of carbonyl (C=O) groups is 2. The van der Waals surface area contributed by atoms with Gasteiger partial charge in [0, 0.05) is 17.5 Å². The van der Waals surface area contributed by atoms with Crippen LogP contribution in [0.15, 0.2) is 29.6 Å². The Hall–Kier alpha value is -2.12. The Morgan fingerprint density at radius 2 is 2.04 bits per heavy atom. The molecule has 0 fully saturated rings. The summed E-state index contributed by atoms with van der Waals surface area (Å²) in [6.07, 6.45) is 0.0611. The minimum absolute atomic E-state index is 0.0611. The number of aromatic nitrogens is 1. The molecule has 1 atom stereocenters. The van der Waals surface area contributed by atoms with Gasteiger partial charge in [-0.2, -0.15) is 0 Å². The molecular formula is C16H17ClN2O4S. The Labute approximate surface area is 148 Å². The maximum Gasteiger partial charge on any atom is 0.326 e. The van der Waals surface area contributed by atoms with Crippen molar-refractivity contribution in [2.24, 2.45) is 0 Å². The average Bonchev–Trinajstić information content (AvgIpc) is 3.00. The van der Waals surface area contributed by atoms with Gasteiger partial charge in [0.25, 0.3) is 0 Å². The predicted molar refractivity (Wildman–Crippen MR) is 91.5 cm³/mol. The minimum Gasteiger partial charge on any atom is -0.486 e. The lowest BCUT2D eigenvalue weighted by atomic mass is 10.2. The first kappa shape index (κ1) is 18.2. The molecule has 0 saturated heterocycles. The van der Waals surface area contributed by atoms with E-state index in [4.69, 9.17) is 21.4 Å². The van der Waals surface area contributed by atoms with E-state index < -0.39 is 12.0 Å². The number of aliphatic carboxylic acids is 1. The molecule has 0 radical (unpaired) electrons. The van der Waals surface area contributed by atoms with Gasteiger partial charge < -0.3 is 14.7 Å². The van der Waals surface area contributed by atoms with Gasteiger partial charge in [0.05, 0.1) is 12.1 Å². The molecule has 0 aliphatic heterocycles. The van der Waals surface area contributed by atoms with E-state index in [-0.39, 0.29) is 12.3 Å². The molecule has 0 aliphatic rings. The van der Waals surface area contributed by atoms with Crippen LogP contribution < -0.4 is 4.74 Å². The molecule has 128 valence electrons. The van der Waals surface area contributed by atoms with E-state index in [1.807, 2.05) is 0 Å². The number of hydrogen-bond acceptors (Lipinski definition) is 5. The number of amides is 1. The smallest absolute Gasteiger partial charge is 0.326 e. The summed E-state index contributed by atoms with van der Waals surface area (Å²) < 4.78 is 5.60. The van der Waals surface area contributed by atoms with Crippen molar-refractivity contribution < 1.29 is 19.4 Å². The molecule has 0 saturated carbocycles. The Balaban J connectivity index is 1.89. The number of benzene rings is 1. The maximum absolute atomic E-state index is 12.1. The standard InChI is InChI=1S/C16H17ClN2O4S/c1-10(16(21)22)19(2)15(20)7-12-9-24-14(18-12)8-23-13-5-3-11(17)4-6-13/h3-6,9-10H,7-8H2,1-2H3,(H,21,22). The molecule has 0 bridgehead atoms. The molecule has 0 spiro atoms. The zero-order chi connectivity index (χ0) is 17.7. The van der Waals surface area contributed by atoms with Gasteiger partial charge in [-0.3, -0.25) is 4.79 Å². The summed E-state index contributed by atoms with van der Waals surface area (Å²) in [5.74, 6) is -0.649. The van der Waals surface area contributed by atoms with Crippen molar-refractivity contribution >= 4 is 34.8 Å². The first-order valence-corrected chi connectivity index (χ1v) is 8.42. The first-order valence-electron chi connectivity index (χ1n) is 7.17. The predicted octanol–water partition coefficient (Wildman–Crippen LogP) is 2.85. The maximum atomic E-state index is 12.1. The number of carbonyl (C=O) groups excluding carboxylic acids is 1. The van der Waals surface area contributed by atoms with Crippen LogP contribution in [0.2, 0.25) is 5.02 Å². The van der Waals surface area contributed by atoms with Crippen molar-refractivity contribution in [2.45, 2.75) is 26.0 Å². The van der Waals surface area contributed by atoms with Gasteiger partial charge in [-0.25, -0.2) is 9.78 Å². The fourth-order valence-electron chi connectivity index (χ4n) is 1.83. The number of halogens is 1. The van der Waals surface area contributed by atoms with Crippen molar-refractivity contribution in [1.29, 1.82) is 0 Å². The summed E-state index contributed by atoms with van der Waals surface area (Å²) in [7, 11) is 1.47. The summed E-state index contributed by atoms with van der Waals surface area (Å²) in [4.78, 5) is 28.5. The number of carboxylic acids is 1. The van der Waals surface area contributed by atoms with Gasteiger partial charge in [-0.15, -0.1) is 11.3 Å². The quantitative estimate of drug-likeness (QED) is 0.812. The van der Waals surface area contributed by atoms with Crippen molar-refractivity contribution in [3.8, 4) is 5.75 Å². The third kappa shape index (κ3) is 4.94. The van der Waals surface area contributed by atoms with Gasteiger partial charge >= 0.3 is 5.97 Å². The second-order valence-electron chi connectivity index (χ2n) is 5.17. The highest BCUT2D eigenvalue weighted by Crippen LogP contribution is 2.18. The summed E-state index contributed by atoms with van der Waals surface area (Å²) in [6, 6.07) is 6.14. The second-order valence-corrected chi connectivity index (χ2v) is 6.55. The number of ether oxygens (including phenoxy) is 1. The zero-order valence-corrected chi connectivity index (χ0v) is 14.8. The van der Waals surface area contributed by atoms with Crippen LogP contribution in [-0.4, -0.2) is 40.0 Å². The molecule has 24 heavy (non-hydrogen) atoms. The van der Waals surface area contributed by atoms with E-state index in [1.54, 1.807) is 29.6 Å². The Morgan fingerprint density at radius 1 is 1.38 bits per heavy atom. The monoisotopic (exact) mass is 368 g/mol. The Kier molecular flexibility index (Phi) is 6.16. The van der Waals surface area contributed by atoms with Crippen LogP contribution in [-0.2, 0) is 22.6 Å². The summed E-state index contributed by atoms with van der Waals surface area (Å²) in [6.45, 7) is 1.76. The van der Waals surface area contributed by atoms with Crippen LogP contribution in [0.5, 0.6) is 5.75 Å². The molecule has 1 unspecified atom stereocenters. The van der Waals surface area contributed by atoms with Crippen molar-refractivity contribution in [2.75, 3.05) is 7.05 Å². The lowest BCUT2D eigenvalue weighted by Crippen LogP contribution is -2.41. The first-order chi connectivity index (χ1) is 11.4. The van der Waals surface area contributed by atoms with Crippen molar-refractivity contribution in [3.63, 3.8) is 0 Å². The average molecular weight is 369 g/mol. The van der Waals surface area contributed by atoms with Crippen LogP contribution in [0.25, 0.3) is 0 Å². The topological polar surface area (TPSA) is 79.7 Å². The van der Waals surface area contributed by atoms with Crippen LogP contribution in [0.3, 0.4) is 0 Å². The number of rotatable bonds is 7. The minimum atomic E-state index is -1.04. The summed E-state index contributed by atoms with van der Waals surface area (Å²) in [5.41, 5.74) is 0.601. The van der Waals surface area contributed by atoms with Gasteiger partial charge in [-0.05, 0) is 31.2 Å². The van der Waals surface area contributed by atoms with E-state index in [0.29, 0.717) is 23.1 Å². The third-order valence-electron chi connectivity index (χ3n) is 3.44. The van der Waals surface area contributed by atoms with Gasteiger partial charge in [-0.1, -0.05) is 11.6 Å². The third-order valence-corrected chi connectivity index (χ3v) is 4.56. The van der Waals surface area contributed by atoms with Crippen LogP contribution >= 0.6 is 22.9 Å². The molecule has 1 heterocycles. The molecule has 0 aliphatic carbocycles.